The molecule has 138 valence electrons. The van der Waals surface area contributed by atoms with Gasteiger partial charge in [-0.15, -0.1) is 11.3 Å². The molecule has 0 radical (unpaired) electrons. The highest BCUT2D eigenvalue weighted by atomic mass is 32.1. The summed E-state index contributed by atoms with van der Waals surface area (Å²) in [5.74, 6) is 0.159. The van der Waals surface area contributed by atoms with Gasteiger partial charge in [-0.1, -0.05) is 24.3 Å². The van der Waals surface area contributed by atoms with Gasteiger partial charge < -0.3 is 21.3 Å². The summed E-state index contributed by atoms with van der Waals surface area (Å²) in [6.07, 6.45) is -0.392. The Morgan fingerprint density at radius 2 is 2.04 bits per heavy atom. The van der Waals surface area contributed by atoms with E-state index in [0.29, 0.717) is 11.5 Å². The number of aliphatic hydroxyl groups is 1. The highest BCUT2D eigenvalue weighted by molar-refractivity contribution is 7.20. The van der Waals surface area contributed by atoms with Gasteiger partial charge in [0.15, 0.2) is 5.75 Å². The number of urea groups is 1. The number of carbonyl (C=O) groups excluding carboxylic acids is 2. The highest BCUT2D eigenvalue weighted by Crippen LogP contribution is 2.40. The minimum atomic E-state index is -0.968. The topological polar surface area (TPSA) is 131 Å². The first-order valence-corrected chi connectivity index (χ1v) is 8.89. The maximum atomic E-state index is 11.1. The fourth-order valence-corrected chi connectivity index (χ4v) is 3.88. The van der Waals surface area contributed by atoms with Crippen LogP contribution in [0.1, 0.15) is 12.0 Å². The third kappa shape index (κ3) is 4.51. The van der Waals surface area contributed by atoms with Crippen molar-refractivity contribution in [1.82, 2.24) is 4.90 Å². The number of anilines is 1. The first-order valence-electron chi connectivity index (χ1n) is 8.08. The van der Waals surface area contributed by atoms with Crippen molar-refractivity contribution in [3.8, 4) is 16.2 Å². The van der Waals surface area contributed by atoms with Gasteiger partial charge in [-0.05, 0) is 17.5 Å². The van der Waals surface area contributed by atoms with Crippen LogP contribution in [0.25, 0.3) is 10.4 Å². The van der Waals surface area contributed by atoms with Crippen LogP contribution < -0.4 is 21.5 Å². The first-order chi connectivity index (χ1) is 12.4. The molecule has 1 saturated heterocycles. The molecule has 0 bridgehead atoms. The summed E-state index contributed by atoms with van der Waals surface area (Å²) >= 11 is 1.23. The number of nitrogens with zero attached hydrogens (tertiary/aromatic N) is 1. The molecule has 1 unspecified atom stereocenters. The van der Waals surface area contributed by atoms with Gasteiger partial charge in [0, 0.05) is 30.6 Å². The van der Waals surface area contributed by atoms with Crippen molar-refractivity contribution in [1.29, 1.82) is 0 Å². The van der Waals surface area contributed by atoms with Crippen LogP contribution >= 0.6 is 11.3 Å². The van der Waals surface area contributed by atoms with Crippen molar-refractivity contribution < 1.29 is 19.4 Å². The number of thiophene rings is 1. The molecule has 0 aliphatic carbocycles. The lowest BCUT2D eigenvalue weighted by Gasteiger charge is -2.14. The number of β-amino-alcohol motifs (C(OH)–C–C–N with tert-alkyl or cyclic N) is 1. The number of benzene rings is 1. The maximum Gasteiger partial charge on any atom is 0.410 e. The summed E-state index contributed by atoms with van der Waals surface area (Å²) in [5.41, 5.74) is 12.2. The number of hydrogen-bond donors (Lipinski definition) is 4. The molecular formula is C17H20N4O4S. The second-order valence-corrected chi connectivity index (χ2v) is 7.14. The number of carbonyl (C=O) groups is 2. The van der Waals surface area contributed by atoms with Gasteiger partial charge in [0.1, 0.15) is 5.00 Å². The SMILES string of the molecule is NC(=O)Nc1sc(-c2ccc(CN3CCC(O)C3)cc2)cc1OC(N)=O. The van der Waals surface area contributed by atoms with Gasteiger partial charge in [-0.25, -0.2) is 9.59 Å². The fraction of sp³-hybridized carbons (Fsp3) is 0.294. The number of nitrogens with two attached hydrogens (primary N) is 2. The zero-order valence-corrected chi connectivity index (χ0v) is 14.8. The molecule has 3 amide bonds. The molecule has 1 atom stereocenters. The van der Waals surface area contributed by atoms with Gasteiger partial charge in [0.25, 0.3) is 0 Å². The van der Waals surface area contributed by atoms with Gasteiger partial charge in [-0.3, -0.25) is 10.2 Å². The summed E-state index contributed by atoms with van der Waals surface area (Å²) < 4.78 is 4.92. The van der Waals surface area contributed by atoms with Crippen molar-refractivity contribution in [2.45, 2.75) is 19.1 Å². The normalized spacial score (nSPS) is 17.2. The lowest BCUT2D eigenvalue weighted by molar-refractivity contribution is 0.175. The van der Waals surface area contributed by atoms with Gasteiger partial charge >= 0.3 is 12.1 Å². The zero-order chi connectivity index (χ0) is 18.7. The predicted octanol–water partition coefficient (Wildman–Crippen LogP) is 1.93. The molecule has 0 saturated carbocycles. The molecule has 3 rings (SSSR count). The molecule has 1 aromatic carbocycles. The number of likely N-dealkylation sites (tertiary alicyclic amines) is 1. The molecule has 1 aromatic heterocycles. The Labute approximate surface area is 154 Å². The van der Waals surface area contributed by atoms with Crippen LogP contribution in [0.3, 0.4) is 0 Å². The quantitative estimate of drug-likeness (QED) is 0.633. The Bertz CT molecular complexity index is 772. The van der Waals surface area contributed by atoms with E-state index >= 15 is 0 Å². The van der Waals surface area contributed by atoms with Crippen LogP contribution in [0.4, 0.5) is 14.6 Å². The van der Waals surface area contributed by atoms with Crippen LogP contribution in [-0.2, 0) is 6.54 Å². The van der Waals surface area contributed by atoms with E-state index in [1.165, 1.54) is 11.3 Å². The molecule has 2 aromatic rings. The molecule has 0 spiro atoms. The van der Waals surface area contributed by atoms with Crippen LogP contribution in [0.15, 0.2) is 30.3 Å². The number of hydrogen-bond acceptors (Lipinski definition) is 6. The van der Waals surface area contributed by atoms with Gasteiger partial charge in [0.05, 0.1) is 6.10 Å². The molecule has 26 heavy (non-hydrogen) atoms. The van der Waals surface area contributed by atoms with E-state index in [0.717, 1.165) is 35.5 Å². The average molecular weight is 376 g/mol. The Kier molecular flexibility index (Phi) is 5.40. The fourth-order valence-electron chi connectivity index (χ4n) is 2.89. The number of aliphatic hydroxyl groups excluding tert-OH is 1. The van der Waals surface area contributed by atoms with Crippen molar-refractivity contribution in [2.75, 3.05) is 18.4 Å². The number of nitrogens with one attached hydrogen (secondary N) is 1. The molecule has 2 heterocycles. The zero-order valence-electron chi connectivity index (χ0n) is 14.0. The van der Waals surface area contributed by atoms with E-state index in [2.05, 4.69) is 10.2 Å². The van der Waals surface area contributed by atoms with E-state index in [9.17, 15) is 14.7 Å². The standard InChI is InChI=1S/C17H20N4O4S/c18-16(23)20-15-13(25-17(19)24)7-14(26-15)11-3-1-10(2-4-11)8-21-6-5-12(22)9-21/h1-4,7,12,22H,5-6,8-9H2,(H2,19,24)(H3,18,20,23). The molecule has 8 nitrogen and oxygen atoms in total. The predicted molar refractivity (Wildman–Crippen MR) is 99.1 cm³/mol. The van der Waals surface area contributed by atoms with Gasteiger partial charge in [0.2, 0.25) is 0 Å². The Morgan fingerprint density at radius 1 is 1.31 bits per heavy atom. The van der Waals surface area contributed by atoms with Crippen molar-refractivity contribution in [3.63, 3.8) is 0 Å². The second kappa shape index (κ2) is 7.73. The summed E-state index contributed by atoms with van der Waals surface area (Å²) in [6, 6.07) is 8.80. The summed E-state index contributed by atoms with van der Waals surface area (Å²) in [7, 11) is 0. The first kappa shape index (κ1) is 18.2. The van der Waals surface area contributed by atoms with E-state index in [1.54, 1.807) is 6.07 Å². The molecule has 1 aliphatic rings. The molecule has 1 aliphatic heterocycles. The second-order valence-electron chi connectivity index (χ2n) is 6.09. The lowest BCUT2D eigenvalue weighted by atomic mass is 10.1. The lowest BCUT2D eigenvalue weighted by Crippen LogP contribution is -2.21. The summed E-state index contributed by atoms with van der Waals surface area (Å²) in [4.78, 5) is 25.1. The summed E-state index contributed by atoms with van der Waals surface area (Å²) in [6.45, 7) is 2.37. The molecule has 1 fully saturated rings. The minimum Gasteiger partial charge on any atom is -0.407 e. The van der Waals surface area contributed by atoms with Crippen molar-refractivity contribution in [2.24, 2.45) is 11.5 Å². The molecular weight excluding hydrogens is 356 g/mol. The minimum absolute atomic E-state index is 0.159. The number of rotatable bonds is 5. The smallest absolute Gasteiger partial charge is 0.407 e. The van der Waals surface area contributed by atoms with Crippen LogP contribution in [-0.4, -0.2) is 41.3 Å². The van der Waals surface area contributed by atoms with E-state index in [4.69, 9.17) is 16.2 Å². The summed E-state index contributed by atoms with van der Waals surface area (Å²) in [5, 5.41) is 12.3. The van der Waals surface area contributed by atoms with Crippen LogP contribution in [0.2, 0.25) is 0 Å². The number of ether oxygens (including phenoxy) is 1. The van der Waals surface area contributed by atoms with E-state index in [1.807, 2.05) is 24.3 Å². The van der Waals surface area contributed by atoms with Crippen LogP contribution in [0.5, 0.6) is 5.75 Å². The Hall–Kier alpha value is -2.62. The van der Waals surface area contributed by atoms with E-state index in [-0.39, 0.29) is 11.9 Å². The largest absolute Gasteiger partial charge is 0.410 e. The molecule has 6 N–H and O–H groups in total. The van der Waals surface area contributed by atoms with Crippen molar-refractivity contribution in [3.05, 3.63) is 35.9 Å². The maximum absolute atomic E-state index is 11.1. The Balaban J connectivity index is 1.76. The monoisotopic (exact) mass is 376 g/mol. The van der Waals surface area contributed by atoms with Gasteiger partial charge in [-0.2, -0.15) is 0 Å². The number of primary amides is 2. The third-order valence-electron chi connectivity index (χ3n) is 4.04. The van der Waals surface area contributed by atoms with Crippen molar-refractivity contribution >= 4 is 28.5 Å². The Morgan fingerprint density at radius 3 is 2.62 bits per heavy atom. The number of amides is 3. The average Bonchev–Trinajstić information content (AvgIpc) is 3.14. The third-order valence-corrected chi connectivity index (χ3v) is 5.12. The van der Waals surface area contributed by atoms with E-state index < -0.39 is 12.1 Å². The highest BCUT2D eigenvalue weighted by Gasteiger charge is 2.20. The molecule has 9 heteroatoms. The van der Waals surface area contributed by atoms with Crippen LogP contribution in [0, 0.1) is 0 Å².